The maximum atomic E-state index is 14.1. The molecule has 3 aromatic rings. The van der Waals surface area contributed by atoms with Crippen LogP contribution in [-0.2, 0) is 26.0 Å². The van der Waals surface area contributed by atoms with E-state index in [2.05, 4.69) is 5.32 Å². The van der Waals surface area contributed by atoms with Crippen molar-refractivity contribution >= 4 is 27.5 Å². The Morgan fingerprint density at radius 2 is 1.62 bits per heavy atom. The molecule has 0 unspecified atom stereocenters. The molecular weight excluding hydrogens is 557 g/mol. The summed E-state index contributed by atoms with van der Waals surface area (Å²) in [5.74, 6) is -0.826. The van der Waals surface area contributed by atoms with E-state index in [1.807, 2.05) is 37.3 Å². The molecule has 0 saturated heterocycles. The highest BCUT2D eigenvalue weighted by Gasteiger charge is 2.34. The highest BCUT2D eigenvalue weighted by molar-refractivity contribution is 7.92. The average Bonchev–Trinajstić information content (AvgIpc) is 3.52. The molecule has 1 fully saturated rings. The fraction of sp³-hybridized carbons (Fsp3) is 0.375. The van der Waals surface area contributed by atoms with Crippen LogP contribution in [0.3, 0.4) is 0 Å². The van der Waals surface area contributed by atoms with Gasteiger partial charge in [-0.05, 0) is 79.8 Å². The van der Waals surface area contributed by atoms with Crippen molar-refractivity contribution < 1.29 is 27.1 Å². The van der Waals surface area contributed by atoms with Gasteiger partial charge < -0.3 is 15.0 Å². The van der Waals surface area contributed by atoms with Crippen LogP contribution in [0.25, 0.3) is 0 Å². The number of halogens is 1. The van der Waals surface area contributed by atoms with Gasteiger partial charge in [-0.25, -0.2) is 12.8 Å². The molecule has 0 heterocycles. The number of sulfonamides is 1. The number of benzene rings is 3. The van der Waals surface area contributed by atoms with E-state index in [-0.39, 0.29) is 29.1 Å². The summed E-state index contributed by atoms with van der Waals surface area (Å²) in [4.78, 5) is 29.0. The second-order valence-corrected chi connectivity index (χ2v) is 12.3. The summed E-state index contributed by atoms with van der Waals surface area (Å²) >= 11 is 0. The van der Waals surface area contributed by atoms with Crippen molar-refractivity contribution in [1.82, 2.24) is 10.2 Å². The van der Waals surface area contributed by atoms with Gasteiger partial charge in [-0.15, -0.1) is 0 Å². The minimum atomic E-state index is -4.25. The number of nitrogens with zero attached hydrogens (tertiary/aromatic N) is 2. The Kier molecular flexibility index (Phi) is 10.6. The van der Waals surface area contributed by atoms with E-state index in [9.17, 15) is 22.4 Å². The number of hydrogen-bond donors (Lipinski definition) is 1. The molecule has 42 heavy (non-hydrogen) atoms. The maximum absolute atomic E-state index is 14.1. The molecule has 1 N–H and O–H groups in total. The van der Waals surface area contributed by atoms with Crippen LogP contribution >= 0.6 is 0 Å². The summed E-state index contributed by atoms with van der Waals surface area (Å²) in [6.45, 7) is 1.49. The third-order valence-electron chi connectivity index (χ3n) is 7.61. The fourth-order valence-electron chi connectivity index (χ4n) is 5.27. The normalized spacial score (nSPS) is 14.3. The quantitative estimate of drug-likeness (QED) is 0.302. The van der Waals surface area contributed by atoms with Crippen LogP contribution < -0.4 is 14.4 Å². The molecule has 0 aromatic heterocycles. The SMILES string of the molecule is CC[C@@H](C(=O)NC1CCCC1)N(CCc1ccccc1)C(=O)CN(c1ccc(F)cc1)S(=O)(=O)c1ccc(OC)cc1. The van der Waals surface area contributed by atoms with Gasteiger partial charge in [-0.1, -0.05) is 50.1 Å². The third kappa shape index (κ3) is 7.67. The van der Waals surface area contributed by atoms with Gasteiger partial charge in [-0.3, -0.25) is 13.9 Å². The Morgan fingerprint density at radius 3 is 2.21 bits per heavy atom. The molecule has 0 aliphatic heterocycles. The minimum absolute atomic E-state index is 0.0534. The molecule has 1 saturated carbocycles. The molecule has 0 radical (unpaired) electrons. The molecular formula is C32H38FN3O5S. The molecule has 1 aliphatic rings. The number of ether oxygens (including phenoxy) is 1. The van der Waals surface area contributed by atoms with Crippen molar-refractivity contribution in [2.24, 2.45) is 0 Å². The molecule has 1 atom stereocenters. The van der Waals surface area contributed by atoms with Crippen LogP contribution in [-0.4, -0.2) is 57.4 Å². The van der Waals surface area contributed by atoms with E-state index >= 15 is 0 Å². The molecule has 10 heteroatoms. The molecule has 8 nitrogen and oxygen atoms in total. The van der Waals surface area contributed by atoms with Gasteiger partial charge >= 0.3 is 0 Å². The van der Waals surface area contributed by atoms with Crippen LogP contribution in [0.1, 0.15) is 44.6 Å². The Morgan fingerprint density at radius 1 is 0.976 bits per heavy atom. The fourth-order valence-corrected chi connectivity index (χ4v) is 6.69. The van der Waals surface area contributed by atoms with E-state index in [1.54, 1.807) is 0 Å². The number of hydrogen-bond acceptors (Lipinski definition) is 5. The number of methoxy groups -OCH3 is 1. The Labute approximate surface area is 247 Å². The number of rotatable bonds is 13. The zero-order valence-corrected chi connectivity index (χ0v) is 24.9. The largest absolute Gasteiger partial charge is 0.497 e. The van der Waals surface area contributed by atoms with Gasteiger partial charge in [0.25, 0.3) is 10.0 Å². The molecule has 0 spiro atoms. The predicted molar refractivity (Wildman–Crippen MR) is 160 cm³/mol. The summed E-state index contributed by atoms with van der Waals surface area (Å²) in [6.07, 6.45) is 4.75. The summed E-state index contributed by atoms with van der Waals surface area (Å²) in [6, 6.07) is 19.7. The van der Waals surface area contributed by atoms with Crippen molar-refractivity contribution in [3.05, 3.63) is 90.2 Å². The van der Waals surface area contributed by atoms with Crippen molar-refractivity contribution in [2.45, 2.75) is 62.4 Å². The van der Waals surface area contributed by atoms with Gasteiger partial charge in [-0.2, -0.15) is 0 Å². The first-order valence-corrected chi connectivity index (χ1v) is 15.7. The zero-order chi connectivity index (χ0) is 30.1. The van der Waals surface area contributed by atoms with E-state index in [4.69, 9.17) is 4.74 Å². The van der Waals surface area contributed by atoms with Crippen molar-refractivity contribution in [2.75, 3.05) is 24.5 Å². The monoisotopic (exact) mass is 595 g/mol. The van der Waals surface area contributed by atoms with Gasteiger partial charge in [0.1, 0.15) is 24.2 Å². The van der Waals surface area contributed by atoms with Crippen LogP contribution in [0.4, 0.5) is 10.1 Å². The first kappa shape index (κ1) is 31.0. The molecule has 1 aliphatic carbocycles. The highest BCUT2D eigenvalue weighted by Crippen LogP contribution is 2.26. The smallest absolute Gasteiger partial charge is 0.264 e. The molecule has 4 rings (SSSR count). The Hall–Kier alpha value is -3.92. The van der Waals surface area contributed by atoms with Gasteiger partial charge in [0.2, 0.25) is 11.8 Å². The van der Waals surface area contributed by atoms with E-state index in [0.717, 1.165) is 47.7 Å². The first-order valence-electron chi connectivity index (χ1n) is 14.3. The molecule has 224 valence electrons. The van der Waals surface area contributed by atoms with Crippen molar-refractivity contribution in [1.29, 1.82) is 0 Å². The number of nitrogens with one attached hydrogen (secondary N) is 1. The second-order valence-electron chi connectivity index (χ2n) is 10.4. The first-order chi connectivity index (χ1) is 20.2. The van der Waals surface area contributed by atoms with Crippen LogP contribution in [0, 0.1) is 5.82 Å². The van der Waals surface area contributed by atoms with Crippen LogP contribution in [0.2, 0.25) is 0 Å². The van der Waals surface area contributed by atoms with Crippen LogP contribution in [0.5, 0.6) is 5.75 Å². The molecule has 2 amide bonds. The second kappa shape index (κ2) is 14.3. The topological polar surface area (TPSA) is 96.0 Å². The standard InChI is InChI=1S/C32H38FN3O5S/c1-3-30(32(38)34-26-11-7-8-12-26)35(22-21-24-9-5-4-6-10-24)31(37)23-36(27-15-13-25(33)14-16-27)42(39,40)29-19-17-28(41-2)18-20-29/h4-6,9-10,13-20,26,30H,3,7-8,11-12,21-23H2,1-2H3,(H,34,38)/t30-/m0/s1. The van der Waals surface area contributed by atoms with Crippen molar-refractivity contribution in [3.8, 4) is 5.75 Å². The Balaban J connectivity index is 1.67. The number of amides is 2. The molecule has 0 bridgehead atoms. The summed E-state index contributed by atoms with van der Waals surface area (Å²) in [7, 11) is -2.78. The van der Waals surface area contributed by atoms with E-state index in [1.165, 1.54) is 48.4 Å². The lowest BCUT2D eigenvalue weighted by atomic mass is 10.1. The zero-order valence-electron chi connectivity index (χ0n) is 24.0. The number of carbonyl (C=O) groups excluding carboxylic acids is 2. The summed E-state index contributed by atoms with van der Waals surface area (Å²) in [5, 5.41) is 3.10. The average molecular weight is 596 g/mol. The van der Waals surface area contributed by atoms with E-state index in [0.29, 0.717) is 18.6 Å². The number of anilines is 1. The predicted octanol–water partition coefficient (Wildman–Crippen LogP) is 4.94. The van der Waals surface area contributed by atoms with Gasteiger partial charge in [0.15, 0.2) is 0 Å². The molecule has 3 aromatic carbocycles. The van der Waals surface area contributed by atoms with Gasteiger partial charge in [0.05, 0.1) is 17.7 Å². The van der Waals surface area contributed by atoms with E-state index < -0.39 is 34.3 Å². The van der Waals surface area contributed by atoms with Crippen LogP contribution in [0.15, 0.2) is 83.8 Å². The number of carbonyl (C=O) groups is 2. The highest BCUT2D eigenvalue weighted by atomic mass is 32.2. The maximum Gasteiger partial charge on any atom is 0.264 e. The van der Waals surface area contributed by atoms with Gasteiger partial charge in [0, 0.05) is 12.6 Å². The lowest BCUT2D eigenvalue weighted by Crippen LogP contribution is -2.54. The Bertz CT molecular complexity index is 1430. The summed E-state index contributed by atoms with van der Waals surface area (Å²) in [5.41, 5.74) is 1.12. The summed E-state index contributed by atoms with van der Waals surface area (Å²) < 4.78 is 47.7. The third-order valence-corrected chi connectivity index (χ3v) is 9.40. The lowest BCUT2D eigenvalue weighted by molar-refractivity contribution is -0.139. The lowest BCUT2D eigenvalue weighted by Gasteiger charge is -2.33. The van der Waals surface area contributed by atoms with Crippen molar-refractivity contribution in [3.63, 3.8) is 0 Å². The minimum Gasteiger partial charge on any atom is -0.497 e.